The molecule has 5 nitrogen and oxygen atoms in total. The first-order chi connectivity index (χ1) is 12.7. The van der Waals surface area contributed by atoms with Crippen molar-refractivity contribution in [2.24, 2.45) is 0 Å². The molecule has 2 heterocycles. The minimum absolute atomic E-state index is 0.192. The second kappa shape index (κ2) is 6.97. The van der Waals surface area contributed by atoms with Crippen LogP contribution in [0, 0.1) is 0 Å². The van der Waals surface area contributed by atoms with E-state index in [2.05, 4.69) is 9.97 Å². The summed E-state index contributed by atoms with van der Waals surface area (Å²) in [6, 6.07) is 16.6. The molecule has 0 N–H and O–H groups in total. The third-order valence-electron chi connectivity index (χ3n) is 4.12. The number of halogens is 1. The van der Waals surface area contributed by atoms with E-state index in [1.54, 1.807) is 22.1 Å². The van der Waals surface area contributed by atoms with E-state index in [9.17, 15) is 4.79 Å². The van der Waals surface area contributed by atoms with Gasteiger partial charge in [0.1, 0.15) is 0 Å². The van der Waals surface area contributed by atoms with Crippen LogP contribution in [0.3, 0.4) is 0 Å². The summed E-state index contributed by atoms with van der Waals surface area (Å²) in [4.78, 5) is 25.6. The summed E-state index contributed by atoms with van der Waals surface area (Å²) >= 11 is 7.79. The maximum absolute atomic E-state index is 13.4. The van der Waals surface area contributed by atoms with Crippen molar-refractivity contribution in [3.05, 3.63) is 71.4 Å². The van der Waals surface area contributed by atoms with E-state index in [0.717, 1.165) is 11.3 Å². The van der Waals surface area contributed by atoms with Gasteiger partial charge < -0.3 is 0 Å². The molecular formula is C19H15ClN4OS. The van der Waals surface area contributed by atoms with E-state index >= 15 is 0 Å². The molecule has 4 rings (SSSR count). The average Bonchev–Trinajstić information content (AvgIpc) is 2.68. The lowest BCUT2D eigenvalue weighted by molar-refractivity contribution is 0.252. The van der Waals surface area contributed by atoms with Gasteiger partial charge in [0.05, 0.1) is 22.9 Å². The van der Waals surface area contributed by atoms with E-state index in [1.807, 2.05) is 54.8 Å². The molecule has 0 fully saturated rings. The topological polar surface area (TPSA) is 49.3 Å². The highest BCUT2D eigenvalue weighted by atomic mass is 35.5. The predicted octanol–water partition coefficient (Wildman–Crippen LogP) is 5.13. The van der Waals surface area contributed by atoms with Crippen molar-refractivity contribution in [1.82, 2.24) is 9.97 Å². The van der Waals surface area contributed by atoms with Gasteiger partial charge in [-0.05, 0) is 30.5 Å². The molecule has 0 saturated carbocycles. The summed E-state index contributed by atoms with van der Waals surface area (Å²) < 4.78 is 0. The molecule has 0 unspecified atom stereocenters. The van der Waals surface area contributed by atoms with Crippen LogP contribution in [0.4, 0.5) is 22.0 Å². The van der Waals surface area contributed by atoms with E-state index in [1.165, 1.54) is 11.8 Å². The lowest BCUT2D eigenvalue weighted by Crippen LogP contribution is -2.45. The van der Waals surface area contributed by atoms with Gasteiger partial charge in [0, 0.05) is 11.8 Å². The number of amides is 2. The minimum Gasteiger partial charge on any atom is -0.288 e. The van der Waals surface area contributed by atoms with Gasteiger partial charge in [-0.25, -0.2) is 19.7 Å². The van der Waals surface area contributed by atoms with Gasteiger partial charge in [-0.1, -0.05) is 53.7 Å². The first-order valence-corrected chi connectivity index (χ1v) is 9.60. The van der Waals surface area contributed by atoms with Crippen molar-refractivity contribution >= 4 is 46.6 Å². The molecule has 1 aliphatic heterocycles. The smallest absolute Gasteiger partial charge is 0.288 e. The molecule has 3 aromatic rings. The molecule has 0 saturated heterocycles. The molecule has 2 aromatic carbocycles. The number of hydrogen-bond acceptors (Lipinski definition) is 4. The Bertz CT molecular complexity index is 967. The highest BCUT2D eigenvalue weighted by Crippen LogP contribution is 2.37. The molecule has 0 aliphatic carbocycles. The molecule has 0 bridgehead atoms. The molecule has 0 spiro atoms. The number of hydrogen-bond donors (Lipinski definition) is 0. The number of rotatable bonds is 3. The Balaban J connectivity index is 1.88. The molecule has 1 aliphatic rings. The van der Waals surface area contributed by atoms with Crippen LogP contribution in [0.1, 0.15) is 5.56 Å². The molecule has 0 atom stereocenters. The number of carbonyl (C=O) groups excluding carboxylic acids is 1. The van der Waals surface area contributed by atoms with Crippen LogP contribution in [0.15, 0.2) is 66.0 Å². The highest BCUT2D eigenvalue weighted by molar-refractivity contribution is 7.98. The van der Waals surface area contributed by atoms with Gasteiger partial charge in [-0.15, -0.1) is 0 Å². The number of thioether (sulfide) groups is 1. The van der Waals surface area contributed by atoms with Crippen molar-refractivity contribution in [2.45, 2.75) is 11.7 Å². The maximum Gasteiger partial charge on any atom is 0.335 e. The summed E-state index contributed by atoms with van der Waals surface area (Å²) in [5.41, 5.74) is 2.28. The fourth-order valence-corrected chi connectivity index (χ4v) is 3.48. The number of carbonyl (C=O) groups is 1. The lowest BCUT2D eigenvalue weighted by atomic mass is 10.1. The number of para-hydroxylation sites is 2. The van der Waals surface area contributed by atoms with E-state index in [4.69, 9.17) is 11.6 Å². The minimum atomic E-state index is -0.192. The van der Waals surface area contributed by atoms with E-state index in [0.29, 0.717) is 28.2 Å². The fraction of sp³-hybridized carbons (Fsp3) is 0.105. The van der Waals surface area contributed by atoms with Gasteiger partial charge in [0.2, 0.25) is 0 Å². The number of aromatic nitrogens is 2. The molecule has 26 heavy (non-hydrogen) atoms. The Morgan fingerprint density at radius 2 is 1.81 bits per heavy atom. The van der Waals surface area contributed by atoms with Crippen LogP contribution in [0.25, 0.3) is 0 Å². The normalized spacial score (nSPS) is 13.7. The number of urea groups is 1. The number of benzene rings is 2. The summed E-state index contributed by atoms with van der Waals surface area (Å²) in [6.45, 7) is 0.371. The summed E-state index contributed by atoms with van der Waals surface area (Å²) in [7, 11) is 0. The van der Waals surface area contributed by atoms with Crippen LogP contribution >= 0.6 is 23.4 Å². The average molecular weight is 383 g/mol. The van der Waals surface area contributed by atoms with Crippen LogP contribution in [0.5, 0.6) is 0 Å². The zero-order valence-corrected chi connectivity index (χ0v) is 15.5. The summed E-state index contributed by atoms with van der Waals surface area (Å²) in [6.07, 6.45) is 3.69. The first-order valence-electron chi connectivity index (χ1n) is 8.00. The van der Waals surface area contributed by atoms with Gasteiger partial charge in [-0.3, -0.25) is 4.90 Å². The SMILES string of the molecule is CSc1ncc2c(n1)N(c1ccccc1)C(=O)N(c1ccccc1Cl)C2. The Kier molecular flexibility index (Phi) is 4.53. The molecule has 0 radical (unpaired) electrons. The highest BCUT2D eigenvalue weighted by Gasteiger charge is 2.34. The van der Waals surface area contributed by atoms with Gasteiger partial charge in [0.25, 0.3) is 0 Å². The zero-order chi connectivity index (χ0) is 18.1. The quantitative estimate of drug-likeness (QED) is 0.465. The Morgan fingerprint density at radius 3 is 2.54 bits per heavy atom. The molecule has 2 amide bonds. The molecular weight excluding hydrogens is 368 g/mol. The van der Waals surface area contributed by atoms with Crippen molar-refractivity contribution in [1.29, 1.82) is 0 Å². The van der Waals surface area contributed by atoms with Crippen molar-refractivity contribution in [3.63, 3.8) is 0 Å². The third-order valence-corrected chi connectivity index (χ3v) is 5.00. The zero-order valence-electron chi connectivity index (χ0n) is 14.0. The number of anilines is 3. The van der Waals surface area contributed by atoms with Crippen LogP contribution in [-0.4, -0.2) is 22.3 Å². The van der Waals surface area contributed by atoms with Gasteiger partial charge in [-0.2, -0.15) is 0 Å². The second-order valence-corrected chi connectivity index (χ2v) is 6.88. The maximum atomic E-state index is 13.4. The molecule has 1 aromatic heterocycles. The summed E-state index contributed by atoms with van der Waals surface area (Å²) in [5.74, 6) is 0.615. The van der Waals surface area contributed by atoms with Gasteiger partial charge >= 0.3 is 6.03 Å². The Morgan fingerprint density at radius 1 is 1.08 bits per heavy atom. The first kappa shape index (κ1) is 16.9. The van der Waals surface area contributed by atoms with Crippen LogP contribution in [-0.2, 0) is 6.54 Å². The van der Waals surface area contributed by atoms with Crippen molar-refractivity contribution < 1.29 is 4.79 Å². The van der Waals surface area contributed by atoms with Crippen LogP contribution in [0.2, 0.25) is 5.02 Å². The Labute approximate surface area is 160 Å². The van der Waals surface area contributed by atoms with Crippen molar-refractivity contribution in [2.75, 3.05) is 16.1 Å². The van der Waals surface area contributed by atoms with Crippen LogP contribution < -0.4 is 9.80 Å². The standard InChI is InChI=1S/C19H15ClN4OS/c1-26-18-21-11-13-12-23(16-10-6-5-9-15(16)20)19(25)24(17(13)22-18)14-7-3-2-4-8-14/h2-11H,12H2,1H3. The van der Waals surface area contributed by atoms with Gasteiger partial charge in [0.15, 0.2) is 11.0 Å². The number of nitrogens with zero attached hydrogens (tertiary/aromatic N) is 4. The predicted molar refractivity (Wildman–Crippen MR) is 105 cm³/mol. The third kappa shape index (κ3) is 2.91. The van der Waals surface area contributed by atoms with E-state index in [-0.39, 0.29) is 6.03 Å². The van der Waals surface area contributed by atoms with Crippen molar-refractivity contribution in [3.8, 4) is 0 Å². The van der Waals surface area contributed by atoms with E-state index < -0.39 is 0 Å². The largest absolute Gasteiger partial charge is 0.335 e. The lowest BCUT2D eigenvalue weighted by Gasteiger charge is -2.36. The summed E-state index contributed by atoms with van der Waals surface area (Å²) in [5, 5.41) is 1.16. The Hall–Kier alpha value is -2.57. The molecule has 130 valence electrons. The number of fused-ring (bicyclic) bond motifs is 1. The fourth-order valence-electron chi connectivity index (χ4n) is 2.90. The second-order valence-electron chi connectivity index (χ2n) is 5.70. The monoisotopic (exact) mass is 382 g/mol. The molecule has 7 heteroatoms.